The molecule has 0 aliphatic rings. The molecule has 0 fully saturated rings. The molecule has 7 nitrogen and oxygen atoms in total. The van der Waals surface area contributed by atoms with Crippen LogP contribution in [0.3, 0.4) is 0 Å². The molecule has 0 aliphatic carbocycles. The molecule has 2 aromatic carbocycles. The number of nitro benzene ring substituents is 1. The third kappa shape index (κ3) is 5.20. The number of amides is 1. The lowest BCUT2D eigenvalue weighted by molar-refractivity contribution is -0.384. The van der Waals surface area contributed by atoms with Gasteiger partial charge in [-0.2, -0.15) is 0 Å². The summed E-state index contributed by atoms with van der Waals surface area (Å²) in [6, 6.07) is 8.46. The predicted octanol–water partition coefficient (Wildman–Crippen LogP) is 3.07. The van der Waals surface area contributed by atoms with Gasteiger partial charge in [-0.05, 0) is 35.9 Å². The molecule has 2 rings (SSSR count). The van der Waals surface area contributed by atoms with Gasteiger partial charge in [0.15, 0.2) is 6.61 Å². The van der Waals surface area contributed by atoms with Crippen molar-refractivity contribution < 1.29 is 28.0 Å². The molecule has 1 N–H and O–H groups in total. The highest BCUT2D eigenvalue weighted by molar-refractivity contribution is 5.94. The summed E-state index contributed by atoms with van der Waals surface area (Å²) in [6.07, 6.45) is 2.35. The van der Waals surface area contributed by atoms with Gasteiger partial charge in [-0.3, -0.25) is 14.9 Å². The van der Waals surface area contributed by atoms with E-state index in [1.807, 2.05) is 5.32 Å². The zero-order chi connectivity index (χ0) is 19.1. The van der Waals surface area contributed by atoms with E-state index in [4.69, 9.17) is 0 Å². The van der Waals surface area contributed by atoms with Crippen molar-refractivity contribution in [3.05, 3.63) is 75.9 Å². The lowest BCUT2D eigenvalue weighted by atomic mass is 10.2. The molecule has 134 valence electrons. The fourth-order valence-electron chi connectivity index (χ4n) is 1.85. The molecule has 0 radical (unpaired) electrons. The topological polar surface area (TPSA) is 98.5 Å². The van der Waals surface area contributed by atoms with Crippen LogP contribution in [-0.2, 0) is 14.3 Å². The van der Waals surface area contributed by atoms with Crippen LogP contribution in [0.1, 0.15) is 5.56 Å². The van der Waals surface area contributed by atoms with Gasteiger partial charge < -0.3 is 10.1 Å². The molecule has 26 heavy (non-hydrogen) atoms. The lowest BCUT2D eigenvalue weighted by Crippen LogP contribution is -2.21. The number of hydrogen-bond donors (Lipinski definition) is 1. The standard InChI is InChI=1S/C17H12F2N2O5/c18-13-2-1-3-14(19)17(13)20-15(22)10-26-16(23)9-6-11-4-7-12(8-5-11)21(24)25/h1-9H,10H2,(H,20,22)/b9-6+. The first-order chi connectivity index (χ1) is 12.4. The normalized spacial score (nSPS) is 10.5. The highest BCUT2D eigenvalue weighted by atomic mass is 19.1. The van der Waals surface area contributed by atoms with E-state index in [9.17, 15) is 28.5 Å². The summed E-state index contributed by atoms with van der Waals surface area (Å²) in [5.41, 5.74) is -0.220. The van der Waals surface area contributed by atoms with E-state index >= 15 is 0 Å². The van der Waals surface area contributed by atoms with Crippen LogP contribution < -0.4 is 5.32 Å². The van der Waals surface area contributed by atoms with Crippen molar-refractivity contribution in [2.75, 3.05) is 11.9 Å². The average molecular weight is 362 g/mol. The molecule has 0 aliphatic heterocycles. The monoisotopic (exact) mass is 362 g/mol. The minimum atomic E-state index is -0.956. The Morgan fingerprint density at radius 3 is 2.31 bits per heavy atom. The number of esters is 1. The van der Waals surface area contributed by atoms with Crippen LogP contribution >= 0.6 is 0 Å². The minimum Gasteiger partial charge on any atom is -0.452 e. The van der Waals surface area contributed by atoms with Crippen LogP contribution in [-0.4, -0.2) is 23.4 Å². The smallest absolute Gasteiger partial charge is 0.331 e. The maximum absolute atomic E-state index is 13.4. The Morgan fingerprint density at radius 1 is 1.12 bits per heavy atom. The Bertz CT molecular complexity index is 846. The molecular weight excluding hydrogens is 350 g/mol. The maximum atomic E-state index is 13.4. The van der Waals surface area contributed by atoms with E-state index in [-0.39, 0.29) is 5.69 Å². The van der Waals surface area contributed by atoms with Gasteiger partial charge >= 0.3 is 5.97 Å². The van der Waals surface area contributed by atoms with Crippen LogP contribution in [0.15, 0.2) is 48.5 Å². The number of hydrogen-bond acceptors (Lipinski definition) is 5. The first-order valence-corrected chi connectivity index (χ1v) is 7.20. The number of para-hydroxylation sites is 1. The predicted molar refractivity (Wildman–Crippen MR) is 88.1 cm³/mol. The summed E-state index contributed by atoms with van der Waals surface area (Å²) in [6.45, 7) is -0.739. The number of carbonyl (C=O) groups is 2. The minimum absolute atomic E-state index is 0.0956. The summed E-state index contributed by atoms with van der Waals surface area (Å²) in [5.74, 6) is -3.69. The first-order valence-electron chi connectivity index (χ1n) is 7.20. The number of rotatable bonds is 6. The zero-order valence-corrected chi connectivity index (χ0v) is 13.1. The zero-order valence-electron chi connectivity index (χ0n) is 13.1. The number of ether oxygens (including phenoxy) is 1. The summed E-state index contributed by atoms with van der Waals surface area (Å²) in [4.78, 5) is 33.1. The molecule has 0 atom stereocenters. The Morgan fingerprint density at radius 2 is 1.73 bits per heavy atom. The number of benzene rings is 2. The van der Waals surface area contributed by atoms with Crippen molar-refractivity contribution in [3.8, 4) is 0 Å². The number of halogens is 2. The molecule has 9 heteroatoms. The molecule has 0 bridgehead atoms. The molecule has 0 aromatic heterocycles. The Kier molecular flexibility index (Phi) is 6.10. The average Bonchev–Trinajstić information content (AvgIpc) is 2.61. The quantitative estimate of drug-likeness (QED) is 0.369. The van der Waals surface area contributed by atoms with Crippen LogP contribution in [0.2, 0.25) is 0 Å². The SMILES string of the molecule is O=C(COC(=O)/C=C/c1ccc([N+](=O)[O-])cc1)Nc1c(F)cccc1F. The van der Waals surface area contributed by atoms with Gasteiger partial charge in [-0.25, -0.2) is 13.6 Å². The number of nitro groups is 1. The molecule has 0 saturated heterocycles. The third-order valence-electron chi connectivity index (χ3n) is 3.09. The van der Waals surface area contributed by atoms with Crippen molar-refractivity contribution >= 4 is 29.3 Å². The highest BCUT2D eigenvalue weighted by Crippen LogP contribution is 2.17. The molecular formula is C17H12F2N2O5. The van der Waals surface area contributed by atoms with E-state index in [0.717, 1.165) is 24.3 Å². The molecule has 0 unspecified atom stereocenters. The Hall–Kier alpha value is -3.62. The third-order valence-corrected chi connectivity index (χ3v) is 3.09. The number of carbonyl (C=O) groups excluding carboxylic acids is 2. The highest BCUT2D eigenvalue weighted by Gasteiger charge is 2.13. The van der Waals surface area contributed by atoms with Gasteiger partial charge in [-0.1, -0.05) is 6.07 Å². The van der Waals surface area contributed by atoms with Gasteiger partial charge in [0, 0.05) is 18.2 Å². The van der Waals surface area contributed by atoms with Gasteiger partial charge in [0.05, 0.1) is 4.92 Å². The second-order valence-electron chi connectivity index (χ2n) is 4.93. The molecule has 0 heterocycles. The second kappa shape index (κ2) is 8.47. The maximum Gasteiger partial charge on any atom is 0.331 e. The molecule has 0 spiro atoms. The lowest BCUT2D eigenvalue weighted by Gasteiger charge is -2.07. The van der Waals surface area contributed by atoms with E-state index < -0.39 is 40.7 Å². The molecule has 1 amide bonds. The van der Waals surface area contributed by atoms with E-state index in [1.54, 1.807) is 0 Å². The van der Waals surface area contributed by atoms with Crippen molar-refractivity contribution in [3.63, 3.8) is 0 Å². The van der Waals surface area contributed by atoms with Crippen molar-refractivity contribution in [1.29, 1.82) is 0 Å². The number of anilines is 1. The van der Waals surface area contributed by atoms with Gasteiger partial charge in [0.2, 0.25) is 0 Å². The van der Waals surface area contributed by atoms with Gasteiger partial charge in [0.25, 0.3) is 11.6 Å². The Labute approximate surface area is 146 Å². The first kappa shape index (κ1) is 18.7. The fourth-order valence-corrected chi connectivity index (χ4v) is 1.85. The van der Waals surface area contributed by atoms with Crippen molar-refractivity contribution in [2.45, 2.75) is 0 Å². The number of nitrogens with one attached hydrogen (secondary N) is 1. The molecule has 0 saturated carbocycles. The summed E-state index contributed by atoms with van der Waals surface area (Å²) in [7, 11) is 0. The number of nitrogens with zero attached hydrogens (tertiary/aromatic N) is 1. The second-order valence-corrected chi connectivity index (χ2v) is 4.93. The summed E-state index contributed by atoms with van der Waals surface area (Å²) in [5, 5.41) is 12.5. The largest absolute Gasteiger partial charge is 0.452 e. The van der Waals surface area contributed by atoms with Gasteiger partial charge in [-0.15, -0.1) is 0 Å². The van der Waals surface area contributed by atoms with Crippen LogP contribution in [0.4, 0.5) is 20.2 Å². The van der Waals surface area contributed by atoms with Crippen LogP contribution in [0.25, 0.3) is 6.08 Å². The van der Waals surface area contributed by atoms with Crippen molar-refractivity contribution in [1.82, 2.24) is 0 Å². The Balaban J connectivity index is 1.86. The number of non-ortho nitro benzene ring substituents is 1. The molecule has 2 aromatic rings. The summed E-state index contributed by atoms with van der Waals surface area (Å²) < 4.78 is 31.4. The van der Waals surface area contributed by atoms with Gasteiger partial charge in [0.1, 0.15) is 17.3 Å². The van der Waals surface area contributed by atoms with E-state index in [2.05, 4.69) is 4.74 Å². The van der Waals surface area contributed by atoms with Crippen LogP contribution in [0.5, 0.6) is 0 Å². The van der Waals surface area contributed by atoms with Crippen LogP contribution in [0, 0.1) is 21.7 Å². The summed E-state index contributed by atoms with van der Waals surface area (Å²) >= 11 is 0. The van der Waals surface area contributed by atoms with E-state index in [0.29, 0.717) is 5.56 Å². The van der Waals surface area contributed by atoms with Crippen molar-refractivity contribution in [2.24, 2.45) is 0 Å². The fraction of sp³-hybridized carbons (Fsp3) is 0.0588. The van der Waals surface area contributed by atoms with E-state index in [1.165, 1.54) is 30.3 Å².